The van der Waals surface area contributed by atoms with E-state index < -0.39 is 18.0 Å². The first kappa shape index (κ1) is 29.3. The van der Waals surface area contributed by atoms with Crippen molar-refractivity contribution in [3.63, 3.8) is 0 Å². The summed E-state index contributed by atoms with van der Waals surface area (Å²) in [5.74, 6) is -1.32. The minimum atomic E-state index is -0.664. The number of methoxy groups -OCH3 is 1. The van der Waals surface area contributed by atoms with Crippen LogP contribution in [0.25, 0.3) is 10.8 Å². The van der Waals surface area contributed by atoms with E-state index in [1.165, 1.54) is 7.11 Å². The van der Waals surface area contributed by atoms with Crippen LogP contribution in [0.3, 0.4) is 0 Å². The fourth-order valence-corrected chi connectivity index (χ4v) is 3.98. The average Bonchev–Trinajstić information content (AvgIpc) is 2.96. The fraction of sp³-hybridized carbons (Fsp3) is 0.300. The van der Waals surface area contributed by atoms with Crippen molar-refractivity contribution in [3.05, 3.63) is 90.0 Å². The molecule has 9 heteroatoms. The van der Waals surface area contributed by atoms with Crippen LogP contribution in [0.5, 0.6) is 0 Å². The lowest BCUT2D eigenvalue weighted by molar-refractivity contribution is -0.159. The van der Waals surface area contributed by atoms with Gasteiger partial charge >= 0.3 is 12.1 Å². The monoisotopic (exact) mass is 533 g/mol. The molecule has 206 valence electrons. The molecule has 39 heavy (non-hydrogen) atoms. The third kappa shape index (κ3) is 9.55. The van der Waals surface area contributed by atoms with E-state index in [1.54, 1.807) is 0 Å². The number of hydroxylamine groups is 2. The number of amides is 2. The van der Waals surface area contributed by atoms with Gasteiger partial charge in [0.1, 0.15) is 6.61 Å². The number of nitrogens with zero attached hydrogens (tertiary/aromatic N) is 2. The number of nitrogens with one attached hydrogen (secondary N) is 1. The van der Waals surface area contributed by atoms with Gasteiger partial charge in [0, 0.05) is 30.6 Å². The molecule has 0 spiro atoms. The van der Waals surface area contributed by atoms with Crippen molar-refractivity contribution in [2.24, 2.45) is 0 Å². The molecule has 0 radical (unpaired) electrons. The molecule has 2 amide bonds. The summed E-state index contributed by atoms with van der Waals surface area (Å²) in [4.78, 5) is 37.4. The van der Waals surface area contributed by atoms with E-state index in [1.807, 2.05) is 66.7 Å². The molecule has 0 saturated carbocycles. The van der Waals surface area contributed by atoms with Crippen molar-refractivity contribution in [2.75, 3.05) is 32.1 Å². The number of benzene rings is 3. The van der Waals surface area contributed by atoms with Gasteiger partial charge in [0.05, 0.1) is 12.8 Å². The molecule has 0 bridgehead atoms. The SMILES string of the molecule is CCN(CCCCN(O)C(=O)/C=C/C(=O)OC)Cc1ccc(COC(=O)Nc2cccc3ccccc23)cc1. The maximum atomic E-state index is 12.4. The predicted molar refractivity (Wildman–Crippen MR) is 149 cm³/mol. The molecule has 9 nitrogen and oxygen atoms in total. The van der Waals surface area contributed by atoms with Gasteiger partial charge < -0.3 is 9.47 Å². The number of unbranched alkanes of at least 4 members (excludes halogenated alkanes) is 1. The summed E-state index contributed by atoms with van der Waals surface area (Å²) in [5.41, 5.74) is 2.73. The first-order valence-electron chi connectivity index (χ1n) is 12.9. The molecule has 0 heterocycles. The largest absolute Gasteiger partial charge is 0.466 e. The summed E-state index contributed by atoms with van der Waals surface area (Å²) in [6, 6.07) is 21.5. The Morgan fingerprint density at radius 2 is 1.59 bits per heavy atom. The van der Waals surface area contributed by atoms with Gasteiger partial charge in [0.2, 0.25) is 0 Å². The van der Waals surface area contributed by atoms with E-state index in [4.69, 9.17) is 4.74 Å². The average molecular weight is 534 g/mol. The zero-order valence-electron chi connectivity index (χ0n) is 22.3. The van der Waals surface area contributed by atoms with Crippen LogP contribution in [0, 0.1) is 0 Å². The number of ether oxygens (including phenoxy) is 2. The van der Waals surface area contributed by atoms with E-state index >= 15 is 0 Å². The molecule has 3 aromatic carbocycles. The van der Waals surface area contributed by atoms with Gasteiger partial charge in [0.25, 0.3) is 5.91 Å². The second-order valence-corrected chi connectivity index (χ2v) is 8.94. The van der Waals surface area contributed by atoms with Crippen LogP contribution in [0.2, 0.25) is 0 Å². The first-order valence-corrected chi connectivity index (χ1v) is 12.9. The smallest absolute Gasteiger partial charge is 0.411 e. The summed E-state index contributed by atoms with van der Waals surface area (Å²) in [7, 11) is 1.21. The van der Waals surface area contributed by atoms with Crippen molar-refractivity contribution < 1.29 is 29.1 Å². The molecule has 0 aliphatic rings. The molecule has 0 saturated heterocycles. The first-order chi connectivity index (χ1) is 18.9. The number of esters is 1. The van der Waals surface area contributed by atoms with Gasteiger partial charge in [-0.15, -0.1) is 0 Å². The molecule has 3 rings (SSSR count). The van der Waals surface area contributed by atoms with Crippen LogP contribution in [0.15, 0.2) is 78.9 Å². The van der Waals surface area contributed by atoms with Crippen molar-refractivity contribution in [2.45, 2.75) is 32.9 Å². The minimum Gasteiger partial charge on any atom is -0.466 e. The third-order valence-corrected chi connectivity index (χ3v) is 6.18. The van der Waals surface area contributed by atoms with Crippen molar-refractivity contribution in [1.29, 1.82) is 0 Å². The second kappa shape index (κ2) is 15.3. The number of hydrogen-bond donors (Lipinski definition) is 2. The molecule has 0 aromatic heterocycles. The number of carbonyl (C=O) groups is 3. The summed E-state index contributed by atoms with van der Waals surface area (Å²) in [6.07, 6.45) is 2.85. The van der Waals surface area contributed by atoms with Gasteiger partial charge in [-0.3, -0.25) is 20.2 Å². The lowest BCUT2D eigenvalue weighted by Gasteiger charge is -2.21. The Balaban J connectivity index is 1.39. The van der Waals surface area contributed by atoms with Crippen LogP contribution < -0.4 is 5.32 Å². The highest BCUT2D eigenvalue weighted by Gasteiger charge is 2.10. The number of hydrogen-bond acceptors (Lipinski definition) is 7. The highest BCUT2D eigenvalue weighted by Crippen LogP contribution is 2.23. The van der Waals surface area contributed by atoms with Crippen LogP contribution in [-0.2, 0) is 32.2 Å². The van der Waals surface area contributed by atoms with Crippen LogP contribution >= 0.6 is 0 Å². The van der Waals surface area contributed by atoms with Gasteiger partial charge in [-0.05, 0) is 48.5 Å². The summed E-state index contributed by atoms with van der Waals surface area (Å²) in [6.45, 7) is 4.82. The molecular weight excluding hydrogens is 498 g/mol. The molecule has 0 atom stereocenters. The summed E-state index contributed by atoms with van der Waals surface area (Å²) >= 11 is 0. The molecule has 0 fully saturated rings. The van der Waals surface area contributed by atoms with E-state index in [2.05, 4.69) is 21.9 Å². The normalized spacial score (nSPS) is 11.1. The van der Waals surface area contributed by atoms with Crippen molar-refractivity contribution >= 4 is 34.4 Å². The van der Waals surface area contributed by atoms with Gasteiger partial charge in [-0.25, -0.2) is 14.7 Å². The highest BCUT2D eigenvalue weighted by molar-refractivity contribution is 6.00. The van der Waals surface area contributed by atoms with E-state index in [9.17, 15) is 19.6 Å². The number of anilines is 1. The highest BCUT2D eigenvalue weighted by atomic mass is 16.5. The van der Waals surface area contributed by atoms with E-state index in [0.717, 1.165) is 60.1 Å². The van der Waals surface area contributed by atoms with Gasteiger partial charge in [-0.2, -0.15) is 0 Å². The minimum absolute atomic E-state index is 0.166. The Bertz CT molecular complexity index is 1270. The maximum Gasteiger partial charge on any atom is 0.411 e. The molecule has 0 aliphatic carbocycles. The van der Waals surface area contributed by atoms with Gasteiger partial charge in [-0.1, -0.05) is 67.6 Å². The van der Waals surface area contributed by atoms with Crippen molar-refractivity contribution in [3.8, 4) is 0 Å². The molecule has 3 aromatic rings. The second-order valence-electron chi connectivity index (χ2n) is 8.94. The van der Waals surface area contributed by atoms with Crippen LogP contribution in [0.4, 0.5) is 10.5 Å². The number of rotatable bonds is 13. The molecule has 0 unspecified atom stereocenters. The van der Waals surface area contributed by atoms with E-state index in [0.29, 0.717) is 17.2 Å². The van der Waals surface area contributed by atoms with Crippen LogP contribution in [0.1, 0.15) is 30.9 Å². The fourth-order valence-electron chi connectivity index (χ4n) is 3.98. The summed E-state index contributed by atoms with van der Waals surface area (Å²) < 4.78 is 9.84. The zero-order valence-corrected chi connectivity index (χ0v) is 22.3. The molecular formula is C30H35N3O6. The predicted octanol–water partition coefficient (Wildman–Crippen LogP) is 5.14. The zero-order chi connectivity index (χ0) is 28.0. The Morgan fingerprint density at radius 3 is 2.33 bits per heavy atom. The Kier molecular flexibility index (Phi) is 11.5. The molecule has 2 N–H and O–H groups in total. The quantitative estimate of drug-likeness (QED) is 0.103. The Hall–Kier alpha value is -4.21. The van der Waals surface area contributed by atoms with Crippen LogP contribution in [-0.4, -0.2) is 59.9 Å². The van der Waals surface area contributed by atoms with Gasteiger partial charge in [0.15, 0.2) is 0 Å². The third-order valence-electron chi connectivity index (χ3n) is 6.18. The number of carbonyl (C=O) groups excluding carboxylic acids is 3. The van der Waals surface area contributed by atoms with E-state index in [-0.39, 0.29) is 13.2 Å². The Labute approximate surface area is 228 Å². The topological polar surface area (TPSA) is 108 Å². The summed E-state index contributed by atoms with van der Waals surface area (Å²) in [5, 5.41) is 15.2. The lowest BCUT2D eigenvalue weighted by atomic mass is 10.1. The Morgan fingerprint density at radius 1 is 0.897 bits per heavy atom. The van der Waals surface area contributed by atoms with Crippen molar-refractivity contribution in [1.82, 2.24) is 9.96 Å². The molecule has 0 aliphatic heterocycles. The standard InChI is InChI=1S/C30H35N3O6/c1-3-32(19-6-7-20-33(37)28(34)17-18-29(35)38-2)21-23-13-15-24(16-14-23)22-39-30(36)31-27-12-8-10-25-9-4-5-11-26(25)27/h4-5,8-18,37H,3,6-7,19-22H2,1-2H3,(H,31,36)/b18-17+. The maximum absolute atomic E-state index is 12.4. The lowest BCUT2D eigenvalue weighted by Crippen LogP contribution is -2.28. The number of fused-ring (bicyclic) bond motifs is 1.